The van der Waals surface area contributed by atoms with Crippen molar-refractivity contribution >= 4 is 40.1 Å². The first-order chi connectivity index (χ1) is 12.5. The van der Waals surface area contributed by atoms with E-state index in [0.29, 0.717) is 16.5 Å². The molecule has 1 unspecified atom stereocenters. The van der Waals surface area contributed by atoms with E-state index in [9.17, 15) is 18.4 Å². The van der Waals surface area contributed by atoms with E-state index in [1.54, 1.807) is 12.1 Å². The van der Waals surface area contributed by atoms with Crippen molar-refractivity contribution in [1.29, 1.82) is 0 Å². The summed E-state index contributed by atoms with van der Waals surface area (Å²) in [5.41, 5.74) is 0.822. The van der Waals surface area contributed by atoms with Crippen molar-refractivity contribution in [3.05, 3.63) is 60.2 Å². The summed E-state index contributed by atoms with van der Waals surface area (Å²) < 4.78 is 26.3. The van der Waals surface area contributed by atoms with Gasteiger partial charge in [-0.1, -0.05) is 17.8 Å². The maximum atomic E-state index is 13.3. The number of benzene rings is 2. The van der Waals surface area contributed by atoms with Crippen LogP contribution in [0.4, 0.5) is 20.2 Å². The fourth-order valence-electron chi connectivity index (χ4n) is 2.52. The SMILES string of the molecule is CN=C(Nc1cccc(F)c1)SC1CC(=O)N(c2ccc(F)cc2)C1=O. The van der Waals surface area contributed by atoms with Crippen molar-refractivity contribution in [3.63, 3.8) is 0 Å². The maximum absolute atomic E-state index is 13.3. The van der Waals surface area contributed by atoms with Gasteiger partial charge in [0.05, 0.1) is 5.69 Å². The van der Waals surface area contributed by atoms with Gasteiger partial charge in [0.25, 0.3) is 0 Å². The molecule has 8 heteroatoms. The lowest BCUT2D eigenvalue weighted by atomic mass is 10.3. The van der Waals surface area contributed by atoms with Crippen LogP contribution >= 0.6 is 11.8 Å². The number of thioether (sulfide) groups is 1. The predicted octanol–water partition coefficient (Wildman–Crippen LogP) is 3.43. The Hall–Kier alpha value is -2.74. The van der Waals surface area contributed by atoms with E-state index < -0.39 is 22.8 Å². The maximum Gasteiger partial charge on any atom is 0.247 e. The van der Waals surface area contributed by atoms with Crippen LogP contribution in [0.2, 0.25) is 0 Å². The molecule has 26 heavy (non-hydrogen) atoms. The first-order valence-electron chi connectivity index (χ1n) is 7.76. The number of amidine groups is 1. The topological polar surface area (TPSA) is 61.8 Å². The molecule has 1 atom stereocenters. The molecule has 2 aromatic rings. The number of nitrogens with zero attached hydrogens (tertiary/aromatic N) is 2. The Morgan fingerprint density at radius 3 is 2.54 bits per heavy atom. The molecule has 0 radical (unpaired) electrons. The van der Waals surface area contributed by atoms with Gasteiger partial charge in [0.1, 0.15) is 16.9 Å². The minimum atomic E-state index is -0.660. The van der Waals surface area contributed by atoms with E-state index in [-0.39, 0.29) is 12.3 Å². The molecule has 1 heterocycles. The molecule has 3 rings (SSSR count). The number of anilines is 2. The molecular formula is C18H15F2N3O2S. The van der Waals surface area contributed by atoms with Gasteiger partial charge >= 0.3 is 0 Å². The highest BCUT2D eigenvalue weighted by molar-refractivity contribution is 8.15. The predicted molar refractivity (Wildman–Crippen MR) is 98.3 cm³/mol. The third kappa shape index (κ3) is 3.91. The first-order valence-corrected chi connectivity index (χ1v) is 8.64. The molecule has 134 valence electrons. The molecule has 1 N–H and O–H groups in total. The average molecular weight is 375 g/mol. The van der Waals surface area contributed by atoms with E-state index in [4.69, 9.17) is 0 Å². The van der Waals surface area contributed by atoms with Crippen molar-refractivity contribution in [1.82, 2.24) is 0 Å². The van der Waals surface area contributed by atoms with Crippen molar-refractivity contribution < 1.29 is 18.4 Å². The quantitative estimate of drug-likeness (QED) is 0.507. The van der Waals surface area contributed by atoms with Crippen LogP contribution in [0.15, 0.2) is 53.5 Å². The van der Waals surface area contributed by atoms with Crippen molar-refractivity contribution in [2.24, 2.45) is 4.99 Å². The summed E-state index contributed by atoms with van der Waals surface area (Å²) in [5, 5.41) is 2.67. The highest BCUT2D eigenvalue weighted by atomic mass is 32.2. The highest BCUT2D eigenvalue weighted by Crippen LogP contribution is 2.30. The zero-order chi connectivity index (χ0) is 18.7. The molecular weight excluding hydrogens is 360 g/mol. The Labute approximate surface area is 153 Å². The first kappa shape index (κ1) is 18.1. The lowest BCUT2D eigenvalue weighted by Gasteiger charge is -2.15. The molecule has 0 aromatic heterocycles. The molecule has 0 spiro atoms. The van der Waals surface area contributed by atoms with E-state index >= 15 is 0 Å². The van der Waals surface area contributed by atoms with Gasteiger partial charge in [-0.15, -0.1) is 0 Å². The van der Waals surface area contributed by atoms with Crippen molar-refractivity contribution in [2.75, 3.05) is 17.3 Å². The molecule has 5 nitrogen and oxygen atoms in total. The normalized spacial score (nSPS) is 17.7. The Morgan fingerprint density at radius 2 is 1.88 bits per heavy atom. The average Bonchev–Trinajstić information content (AvgIpc) is 2.89. The van der Waals surface area contributed by atoms with Gasteiger partial charge in [0.15, 0.2) is 5.17 Å². The van der Waals surface area contributed by atoms with Gasteiger partial charge in [-0.25, -0.2) is 13.7 Å². The van der Waals surface area contributed by atoms with Crippen LogP contribution in [0, 0.1) is 11.6 Å². The number of rotatable bonds is 3. The van der Waals surface area contributed by atoms with Gasteiger partial charge in [-0.05, 0) is 42.5 Å². The minimum Gasteiger partial charge on any atom is -0.335 e. The van der Waals surface area contributed by atoms with Crippen molar-refractivity contribution in [3.8, 4) is 0 Å². The fraction of sp³-hybridized carbons (Fsp3) is 0.167. The number of hydrogen-bond donors (Lipinski definition) is 1. The second kappa shape index (κ2) is 7.65. The van der Waals surface area contributed by atoms with Gasteiger partial charge in [0, 0.05) is 19.2 Å². The Bertz CT molecular complexity index is 871. The van der Waals surface area contributed by atoms with Gasteiger partial charge in [-0.3, -0.25) is 14.6 Å². The highest BCUT2D eigenvalue weighted by Gasteiger charge is 2.40. The van der Waals surface area contributed by atoms with Crippen LogP contribution in [0.5, 0.6) is 0 Å². The molecule has 1 aliphatic heterocycles. The number of imide groups is 1. The number of carbonyl (C=O) groups is 2. The third-order valence-electron chi connectivity index (χ3n) is 3.72. The number of halogens is 2. The van der Waals surface area contributed by atoms with E-state index in [0.717, 1.165) is 16.7 Å². The number of amides is 2. The van der Waals surface area contributed by atoms with E-state index in [1.807, 2.05) is 0 Å². The number of aliphatic imine (C=N–C) groups is 1. The summed E-state index contributed by atoms with van der Waals surface area (Å²) >= 11 is 1.10. The second-order valence-electron chi connectivity index (χ2n) is 5.52. The molecule has 0 saturated carbocycles. The summed E-state index contributed by atoms with van der Waals surface area (Å²) in [5.74, 6) is -1.60. The van der Waals surface area contributed by atoms with Crippen LogP contribution in [-0.2, 0) is 9.59 Å². The zero-order valence-electron chi connectivity index (χ0n) is 13.8. The summed E-state index contributed by atoms with van der Waals surface area (Å²) in [4.78, 5) is 30.0. The molecule has 0 bridgehead atoms. The number of hydrogen-bond acceptors (Lipinski definition) is 4. The van der Waals surface area contributed by atoms with E-state index in [1.165, 1.54) is 43.4 Å². The molecule has 1 saturated heterocycles. The van der Waals surface area contributed by atoms with Crippen LogP contribution in [0.1, 0.15) is 6.42 Å². The Kier molecular flexibility index (Phi) is 5.32. The van der Waals surface area contributed by atoms with Crippen LogP contribution in [-0.4, -0.2) is 29.3 Å². The number of carbonyl (C=O) groups excluding carboxylic acids is 2. The van der Waals surface area contributed by atoms with Crippen LogP contribution in [0.25, 0.3) is 0 Å². The number of nitrogens with one attached hydrogen (secondary N) is 1. The lowest BCUT2D eigenvalue weighted by molar-refractivity contribution is -0.121. The Balaban J connectivity index is 1.72. The molecule has 0 aliphatic carbocycles. The monoisotopic (exact) mass is 375 g/mol. The third-order valence-corrected chi connectivity index (χ3v) is 4.88. The molecule has 2 amide bonds. The summed E-state index contributed by atoms with van der Waals surface area (Å²) in [7, 11) is 1.54. The molecule has 1 aliphatic rings. The second-order valence-corrected chi connectivity index (χ2v) is 6.71. The minimum absolute atomic E-state index is 0.00469. The summed E-state index contributed by atoms with van der Waals surface area (Å²) in [6.45, 7) is 0. The van der Waals surface area contributed by atoms with Gasteiger partial charge in [-0.2, -0.15) is 0 Å². The standard InChI is InChI=1S/C18H15F2N3O2S/c1-21-18(22-13-4-2-3-12(20)9-13)26-15-10-16(24)23(17(15)25)14-7-5-11(19)6-8-14/h2-9,15H,10H2,1H3,(H,21,22). The van der Waals surface area contributed by atoms with E-state index in [2.05, 4.69) is 10.3 Å². The van der Waals surface area contributed by atoms with Gasteiger partial charge < -0.3 is 5.32 Å². The Morgan fingerprint density at radius 1 is 1.15 bits per heavy atom. The van der Waals surface area contributed by atoms with Crippen LogP contribution in [0.3, 0.4) is 0 Å². The molecule has 1 fully saturated rings. The summed E-state index contributed by atoms with van der Waals surface area (Å²) in [6, 6.07) is 11.0. The fourth-order valence-corrected chi connectivity index (χ4v) is 3.50. The zero-order valence-corrected chi connectivity index (χ0v) is 14.6. The largest absolute Gasteiger partial charge is 0.335 e. The smallest absolute Gasteiger partial charge is 0.247 e. The lowest BCUT2D eigenvalue weighted by Crippen LogP contribution is -2.31. The summed E-state index contributed by atoms with van der Waals surface area (Å²) in [6.07, 6.45) is 0.00469. The van der Waals surface area contributed by atoms with Gasteiger partial charge in [0.2, 0.25) is 11.8 Å². The molecule has 2 aromatic carbocycles. The van der Waals surface area contributed by atoms with Crippen LogP contribution < -0.4 is 10.2 Å². The van der Waals surface area contributed by atoms with Crippen molar-refractivity contribution in [2.45, 2.75) is 11.7 Å².